The normalized spacial score (nSPS) is 13.2. The fourth-order valence-corrected chi connectivity index (χ4v) is 2.76. The number of rotatable bonds is 10. The van der Waals surface area contributed by atoms with Gasteiger partial charge in [0.25, 0.3) is 0 Å². The molecule has 0 bridgehead atoms. The lowest BCUT2D eigenvalue weighted by molar-refractivity contribution is -0.161. The Bertz CT molecular complexity index is 712. The van der Waals surface area contributed by atoms with Crippen LogP contribution in [-0.2, 0) is 23.8 Å². The molecule has 0 saturated heterocycles. The van der Waals surface area contributed by atoms with E-state index in [4.69, 9.17) is 14.2 Å². The summed E-state index contributed by atoms with van der Waals surface area (Å²) < 4.78 is 16.3. The number of hydrogen-bond donors (Lipinski definition) is 1. The van der Waals surface area contributed by atoms with Crippen molar-refractivity contribution < 1.29 is 33.4 Å². The molecule has 1 N–H and O–H groups in total. The van der Waals surface area contributed by atoms with Crippen LogP contribution in [0.4, 0.5) is 9.59 Å². The number of nitrogens with one attached hydrogen (secondary N) is 1. The summed E-state index contributed by atoms with van der Waals surface area (Å²) in [6.45, 7) is 17.7. The van der Waals surface area contributed by atoms with Crippen LogP contribution in [0.2, 0.25) is 0 Å². The van der Waals surface area contributed by atoms with Crippen LogP contribution in [0.1, 0.15) is 101 Å². The summed E-state index contributed by atoms with van der Waals surface area (Å²) in [6, 6.07) is -1.31. The van der Waals surface area contributed by atoms with Gasteiger partial charge in [-0.1, -0.05) is 25.8 Å². The molecule has 202 valence electrons. The summed E-state index contributed by atoms with van der Waals surface area (Å²) in [6.07, 6.45) is 4.19. The van der Waals surface area contributed by atoms with Crippen LogP contribution in [0, 0.1) is 0 Å². The first kappa shape index (κ1) is 32.4. The Kier molecular flexibility index (Phi) is 13.1. The molecule has 0 aromatic rings. The molecule has 0 radical (unpaired) electrons. The highest BCUT2D eigenvalue weighted by Crippen LogP contribution is 2.22. The van der Waals surface area contributed by atoms with Gasteiger partial charge >= 0.3 is 18.2 Å². The van der Waals surface area contributed by atoms with Crippen molar-refractivity contribution in [3.63, 3.8) is 0 Å². The van der Waals surface area contributed by atoms with Gasteiger partial charge in [-0.15, -0.1) is 0 Å². The van der Waals surface area contributed by atoms with Crippen LogP contribution >= 0.6 is 0 Å². The molecule has 0 heterocycles. The largest absolute Gasteiger partial charge is 0.458 e. The number of unbranched alkanes of at least 4 members (excludes halogenated alkanes) is 2. The van der Waals surface area contributed by atoms with Gasteiger partial charge in [-0.05, 0) is 87.7 Å². The topological polar surface area (TPSA) is 111 Å². The smallest absolute Gasteiger partial charge is 0.420 e. The molecule has 0 fully saturated rings. The predicted octanol–water partition coefficient (Wildman–Crippen LogP) is 5.51. The summed E-state index contributed by atoms with van der Waals surface area (Å²) in [5.74, 6) is -1.02. The lowest BCUT2D eigenvalue weighted by atomic mass is 10.1. The van der Waals surface area contributed by atoms with Crippen molar-refractivity contribution in [2.24, 2.45) is 0 Å². The highest BCUT2D eigenvalue weighted by atomic mass is 16.6. The lowest BCUT2D eigenvalue weighted by Crippen LogP contribution is -2.53. The van der Waals surface area contributed by atoms with Crippen LogP contribution in [0.5, 0.6) is 0 Å². The van der Waals surface area contributed by atoms with Crippen molar-refractivity contribution in [1.29, 1.82) is 0 Å². The summed E-state index contributed by atoms with van der Waals surface area (Å²) in [5, 5.41) is 2.79. The van der Waals surface area contributed by atoms with Crippen LogP contribution in [0.3, 0.4) is 0 Å². The van der Waals surface area contributed by atoms with Crippen LogP contribution < -0.4 is 5.32 Å². The third-order valence-corrected chi connectivity index (χ3v) is 4.13. The highest BCUT2D eigenvalue weighted by Gasteiger charge is 2.41. The van der Waals surface area contributed by atoms with E-state index in [9.17, 15) is 19.2 Å². The lowest BCUT2D eigenvalue weighted by Gasteiger charge is -2.33. The Labute approximate surface area is 210 Å². The maximum absolute atomic E-state index is 13.1. The van der Waals surface area contributed by atoms with E-state index in [1.807, 2.05) is 0 Å². The summed E-state index contributed by atoms with van der Waals surface area (Å²) in [5.41, 5.74) is -2.67. The Morgan fingerprint density at radius 2 is 1.29 bits per heavy atom. The maximum Gasteiger partial charge on any atom is 0.420 e. The minimum atomic E-state index is -1.31. The van der Waals surface area contributed by atoms with E-state index >= 15 is 0 Å². The van der Waals surface area contributed by atoms with Gasteiger partial charge in [0.05, 0.1) is 0 Å². The molecule has 0 saturated carbocycles. The number of carbonyl (C=O) groups is 4. The van der Waals surface area contributed by atoms with Gasteiger partial charge in [-0.2, -0.15) is 4.90 Å². The highest BCUT2D eigenvalue weighted by molar-refractivity contribution is 5.94. The minimum Gasteiger partial charge on any atom is -0.458 e. The SMILES string of the molecule is CCCCCNC(=O)/C=C/CCC(C(=O)OC(C)(C)C)N(C(=O)OC(C)(C)C)C(=O)OC(C)(C)C. The number of nitrogens with zero attached hydrogens (tertiary/aromatic N) is 1. The summed E-state index contributed by atoms with van der Waals surface area (Å²) >= 11 is 0. The van der Waals surface area contributed by atoms with Crippen LogP contribution in [0.25, 0.3) is 0 Å². The Balaban J connectivity index is 5.78. The molecular weight excluding hydrogens is 452 g/mol. The molecule has 0 aliphatic heterocycles. The van der Waals surface area contributed by atoms with E-state index in [0.29, 0.717) is 11.4 Å². The Morgan fingerprint density at radius 3 is 1.71 bits per heavy atom. The molecule has 0 rings (SSSR count). The predicted molar refractivity (Wildman–Crippen MR) is 135 cm³/mol. The van der Waals surface area contributed by atoms with Gasteiger partial charge in [0.2, 0.25) is 5.91 Å². The fraction of sp³-hybridized carbons (Fsp3) is 0.769. The third-order valence-electron chi connectivity index (χ3n) is 4.13. The first-order valence-electron chi connectivity index (χ1n) is 12.3. The van der Waals surface area contributed by atoms with E-state index in [0.717, 1.165) is 19.3 Å². The maximum atomic E-state index is 13.1. The van der Waals surface area contributed by atoms with Gasteiger partial charge in [0.15, 0.2) is 0 Å². The average Bonchev–Trinajstić information content (AvgIpc) is 2.63. The van der Waals surface area contributed by atoms with Gasteiger partial charge in [0, 0.05) is 6.54 Å². The number of amides is 3. The molecule has 0 spiro atoms. The molecule has 9 heteroatoms. The molecule has 0 aromatic carbocycles. The zero-order chi connectivity index (χ0) is 27.4. The summed E-state index contributed by atoms with van der Waals surface area (Å²) in [4.78, 5) is 51.8. The van der Waals surface area contributed by atoms with Crippen LogP contribution in [-0.4, -0.2) is 58.4 Å². The number of carbonyl (C=O) groups excluding carboxylic acids is 4. The third kappa shape index (κ3) is 15.9. The van der Waals surface area contributed by atoms with Crippen molar-refractivity contribution in [2.45, 2.75) is 124 Å². The number of allylic oxidation sites excluding steroid dienone is 1. The zero-order valence-corrected chi connectivity index (χ0v) is 23.3. The second-order valence-electron chi connectivity index (χ2n) is 11.4. The Morgan fingerprint density at radius 1 is 0.800 bits per heavy atom. The second kappa shape index (κ2) is 14.1. The van der Waals surface area contributed by atoms with Crippen molar-refractivity contribution in [2.75, 3.05) is 6.54 Å². The quantitative estimate of drug-likeness (QED) is 0.183. The number of hydrogen-bond acceptors (Lipinski definition) is 7. The number of imide groups is 1. The number of ether oxygens (including phenoxy) is 3. The van der Waals surface area contributed by atoms with Crippen molar-refractivity contribution in [3.8, 4) is 0 Å². The molecular formula is C26H46N2O7. The molecule has 0 aromatic heterocycles. The van der Waals surface area contributed by atoms with Crippen molar-refractivity contribution in [1.82, 2.24) is 10.2 Å². The molecule has 9 nitrogen and oxygen atoms in total. The molecule has 0 aliphatic carbocycles. The van der Waals surface area contributed by atoms with E-state index in [1.165, 1.54) is 6.08 Å². The minimum absolute atomic E-state index is 0.0208. The molecule has 3 amide bonds. The summed E-state index contributed by atoms with van der Waals surface area (Å²) in [7, 11) is 0. The Hall–Kier alpha value is -2.58. The standard InChI is InChI=1S/C26H46N2O7/c1-11-12-15-18-27-20(29)17-14-13-16-19(21(30)33-24(2,3)4)28(22(31)34-25(5,6)7)23(32)35-26(8,9)10/h14,17,19H,11-13,15-16,18H2,1-10H3,(H,27,29)/b17-14+. The molecule has 1 unspecified atom stereocenters. The fourth-order valence-electron chi connectivity index (χ4n) is 2.76. The van der Waals surface area contributed by atoms with Gasteiger partial charge < -0.3 is 19.5 Å². The molecule has 0 aliphatic rings. The van der Waals surface area contributed by atoms with Crippen LogP contribution in [0.15, 0.2) is 12.2 Å². The first-order chi connectivity index (χ1) is 15.9. The van der Waals surface area contributed by atoms with E-state index < -0.39 is 41.0 Å². The first-order valence-corrected chi connectivity index (χ1v) is 12.3. The van der Waals surface area contributed by atoms with Crippen molar-refractivity contribution >= 4 is 24.1 Å². The van der Waals surface area contributed by atoms with E-state index in [1.54, 1.807) is 68.4 Å². The average molecular weight is 499 g/mol. The second-order valence-corrected chi connectivity index (χ2v) is 11.4. The van der Waals surface area contributed by atoms with E-state index in [-0.39, 0.29) is 18.7 Å². The van der Waals surface area contributed by atoms with Crippen molar-refractivity contribution in [3.05, 3.63) is 12.2 Å². The molecule has 35 heavy (non-hydrogen) atoms. The number of esters is 1. The monoisotopic (exact) mass is 498 g/mol. The van der Waals surface area contributed by atoms with Gasteiger partial charge in [-0.25, -0.2) is 14.4 Å². The zero-order valence-electron chi connectivity index (χ0n) is 23.3. The van der Waals surface area contributed by atoms with Gasteiger partial charge in [0.1, 0.15) is 22.8 Å². The van der Waals surface area contributed by atoms with E-state index in [2.05, 4.69) is 12.2 Å². The van der Waals surface area contributed by atoms with Gasteiger partial charge in [-0.3, -0.25) is 4.79 Å². The molecule has 1 atom stereocenters.